The van der Waals surface area contributed by atoms with E-state index in [0.717, 1.165) is 11.1 Å². The number of aromatic nitrogens is 3. The molecule has 0 fully saturated rings. The van der Waals surface area contributed by atoms with Crippen LogP contribution in [0.5, 0.6) is 0 Å². The highest BCUT2D eigenvalue weighted by atomic mass is 35.5. The number of alkyl halides is 3. The van der Waals surface area contributed by atoms with Gasteiger partial charge < -0.3 is 4.74 Å². The van der Waals surface area contributed by atoms with Crippen molar-refractivity contribution in [3.05, 3.63) is 59.2 Å². The maximum atomic E-state index is 12.2. The van der Waals surface area contributed by atoms with Gasteiger partial charge in [0.15, 0.2) is 5.69 Å². The molecule has 0 radical (unpaired) electrons. The molecule has 27 heavy (non-hydrogen) atoms. The highest BCUT2D eigenvalue weighted by Crippen LogP contribution is 2.26. The van der Waals surface area contributed by atoms with Gasteiger partial charge >= 0.3 is 18.1 Å². The van der Waals surface area contributed by atoms with Crippen molar-refractivity contribution in [1.29, 1.82) is 0 Å². The van der Waals surface area contributed by atoms with Crippen LogP contribution in [0.3, 0.4) is 0 Å². The summed E-state index contributed by atoms with van der Waals surface area (Å²) in [4.78, 5) is 22.6. The SMILES string of the molecule is O=C(OC(=O)C(F)(F)F)c1n[nH]nc1-c1ccc(-c2ccc(Cl)cc2)cc1. The van der Waals surface area contributed by atoms with Crippen molar-refractivity contribution >= 4 is 23.5 Å². The van der Waals surface area contributed by atoms with Crippen LogP contribution in [0.1, 0.15) is 10.5 Å². The zero-order chi connectivity index (χ0) is 19.6. The van der Waals surface area contributed by atoms with Crippen molar-refractivity contribution < 1.29 is 27.5 Å². The third-order valence-corrected chi connectivity index (χ3v) is 3.75. The first kappa shape index (κ1) is 18.6. The number of nitrogens with zero attached hydrogens (tertiary/aromatic N) is 2. The number of H-pyrrole nitrogens is 1. The first-order chi connectivity index (χ1) is 12.8. The second kappa shape index (κ2) is 7.20. The molecule has 0 saturated carbocycles. The van der Waals surface area contributed by atoms with E-state index in [1.165, 1.54) is 0 Å². The molecule has 138 valence electrons. The molecule has 10 heteroatoms. The minimum Gasteiger partial charge on any atom is -0.381 e. The van der Waals surface area contributed by atoms with Gasteiger partial charge in [-0.3, -0.25) is 0 Å². The second-order valence-electron chi connectivity index (χ2n) is 5.28. The van der Waals surface area contributed by atoms with Crippen LogP contribution < -0.4 is 0 Å². The van der Waals surface area contributed by atoms with Crippen molar-refractivity contribution in [2.45, 2.75) is 6.18 Å². The number of aromatic amines is 1. The molecule has 0 atom stereocenters. The Morgan fingerprint density at radius 3 is 1.96 bits per heavy atom. The van der Waals surface area contributed by atoms with Gasteiger partial charge in [-0.25, -0.2) is 9.59 Å². The summed E-state index contributed by atoms with van der Waals surface area (Å²) in [5.41, 5.74) is 1.55. The van der Waals surface area contributed by atoms with Crippen molar-refractivity contribution in [3.63, 3.8) is 0 Å². The fourth-order valence-electron chi connectivity index (χ4n) is 2.23. The Kier molecular flexibility index (Phi) is 4.95. The molecule has 0 aliphatic rings. The monoisotopic (exact) mass is 395 g/mol. The zero-order valence-electron chi connectivity index (χ0n) is 13.2. The lowest BCUT2D eigenvalue weighted by Gasteiger charge is -2.06. The normalized spacial score (nSPS) is 11.3. The molecule has 1 heterocycles. The number of ether oxygens (including phenoxy) is 1. The molecule has 0 spiro atoms. The first-order valence-electron chi connectivity index (χ1n) is 7.36. The molecular formula is C17H9ClF3N3O3. The van der Waals surface area contributed by atoms with Gasteiger partial charge in [-0.05, 0) is 23.3 Å². The summed E-state index contributed by atoms with van der Waals surface area (Å²) in [5, 5.41) is 9.94. The van der Waals surface area contributed by atoms with E-state index < -0.39 is 23.8 Å². The van der Waals surface area contributed by atoms with Crippen molar-refractivity contribution in [3.8, 4) is 22.4 Å². The Morgan fingerprint density at radius 1 is 0.889 bits per heavy atom. The Morgan fingerprint density at radius 2 is 1.41 bits per heavy atom. The van der Waals surface area contributed by atoms with Crippen LogP contribution >= 0.6 is 11.6 Å². The van der Waals surface area contributed by atoms with E-state index in [2.05, 4.69) is 20.1 Å². The lowest BCUT2D eigenvalue weighted by atomic mass is 10.0. The van der Waals surface area contributed by atoms with E-state index >= 15 is 0 Å². The van der Waals surface area contributed by atoms with Crippen molar-refractivity contribution in [2.75, 3.05) is 0 Å². The summed E-state index contributed by atoms with van der Waals surface area (Å²) in [7, 11) is 0. The average Bonchev–Trinajstić information content (AvgIpc) is 3.11. The number of hydrogen-bond donors (Lipinski definition) is 1. The molecule has 0 unspecified atom stereocenters. The van der Waals surface area contributed by atoms with Crippen LogP contribution in [0.25, 0.3) is 22.4 Å². The van der Waals surface area contributed by atoms with E-state index in [9.17, 15) is 22.8 Å². The van der Waals surface area contributed by atoms with E-state index in [1.807, 2.05) is 12.1 Å². The fourth-order valence-corrected chi connectivity index (χ4v) is 2.35. The first-order valence-corrected chi connectivity index (χ1v) is 7.74. The molecule has 2 aromatic carbocycles. The van der Waals surface area contributed by atoms with Gasteiger partial charge in [0.1, 0.15) is 5.69 Å². The second-order valence-corrected chi connectivity index (χ2v) is 5.72. The standard InChI is InChI=1S/C17H9ClF3N3O3/c18-12-7-5-10(6-8-12)9-1-3-11(4-2-9)13-14(23-24-22-13)15(25)27-16(26)17(19,20)21/h1-8H,(H,22,23,24). The Balaban J connectivity index is 1.84. The van der Waals surface area contributed by atoms with Gasteiger partial charge in [-0.2, -0.15) is 23.5 Å². The molecule has 1 N–H and O–H groups in total. The third kappa shape index (κ3) is 4.14. The number of nitrogens with one attached hydrogen (secondary N) is 1. The maximum absolute atomic E-state index is 12.2. The van der Waals surface area contributed by atoms with Gasteiger partial charge in [0.2, 0.25) is 0 Å². The van der Waals surface area contributed by atoms with Gasteiger partial charge in [0, 0.05) is 10.6 Å². The minimum absolute atomic E-state index is 0.0439. The zero-order valence-corrected chi connectivity index (χ0v) is 14.0. The molecule has 0 aliphatic heterocycles. The summed E-state index contributed by atoms with van der Waals surface area (Å²) in [5.74, 6) is -4.18. The van der Waals surface area contributed by atoms with Crippen LogP contribution in [0.2, 0.25) is 5.02 Å². The number of esters is 2. The fraction of sp³-hybridized carbons (Fsp3) is 0.0588. The van der Waals surface area contributed by atoms with E-state index in [1.54, 1.807) is 36.4 Å². The van der Waals surface area contributed by atoms with Crippen LogP contribution in [0, 0.1) is 0 Å². The highest BCUT2D eigenvalue weighted by Gasteiger charge is 2.43. The van der Waals surface area contributed by atoms with Crippen molar-refractivity contribution in [1.82, 2.24) is 15.4 Å². The summed E-state index contributed by atoms with van der Waals surface area (Å²) < 4.78 is 40.5. The molecule has 6 nitrogen and oxygen atoms in total. The number of carbonyl (C=O) groups excluding carboxylic acids is 2. The minimum atomic E-state index is -5.29. The molecule has 3 aromatic rings. The summed E-state index contributed by atoms with van der Waals surface area (Å²) in [6, 6.07) is 13.8. The molecule has 3 rings (SSSR count). The number of halogens is 4. The summed E-state index contributed by atoms with van der Waals surface area (Å²) in [6.45, 7) is 0. The molecule has 0 aliphatic carbocycles. The average molecular weight is 396 g/mol. The van der Waals surface area contributed by atoms with E-state index in [-0.39, 0.29) is 5.69 Å². The van der Waals surface area contributed by atoms with Crippen LogP contribution in [0.4, 0.5) is 13.2 Å². The predicted molar refractivity (Wildman–Crippen MR) is 88.7 cm³/mol. The Hall–Kier alpha value is -3.20. The largest absolute Gasteiger partial charge is 0.491 e. The molecule has 0 amide bonds. The quantitative estimate of drug-likeness (QED) is 0.534. The van der Waals surface area contributed by atoms with E-state index in [0.29, 0.717) is 10.6 Å². The number of carbonyl (C=O) groups is 2. The molecule has 0 saturated heterocycles. The molecule has 1 aromatic heterocycles. The highest BCUT2D eigenvalue weighted by molar-refractivity contribution is 6.30. The number of rotatable bonds is 3. The Bertz CT molecular complexity index is 983. The maximum Gasteiger partial charge on any atom is 0.491 e. The van der Waals surface area contributed by atoms with Gasteiger partial charge in [0.25, 0.3) is 0 Å². The van der Waals surface area contributed by atoms with E-state index in [4.69, 9.17) is 11.6 Å². The van der Waals surface area contributed by atoms with Gasteiger partial charge in [-0.1, -0.05) is 48.0 Å². The molecular weight excluding hydrogens is 387 g/mol. The summed E-state index contributed by atoms with van der Waals surface area (Å²) in [6.07, 6.45) is -5.29. The third-order valence-electron chi connectivity index (χ3n) is 3.49. The smallest absolute Gasteiger partial charge is 0.381 e. The van der Waals surface area contributed by atoms with Crippen LogP contribution in [-0.2, 0) is 9.53 Å². The van der Waals surface area contributed by atoms with Crippen molar-refractivity contribution in [2.24, 2.45) is 0 Å². The lowest BCUT2D eigenvalue weighted by molar-refractivity contribution is -0.193. The molecule has 0 bridgehead atoms. The number of hydrogen-bond acceptors (Lipinski definition) is 5. The van der Waals surface area contributed by atoms with Gasteiger partial charge in [0.05, 0.1) is 0 Å². The van der Waals surface area contributed by atoms with Crippen LogP contribution in [-0.4, -0.2) is 33.5 Å². The summed E-state index contributed by atoms with van der Waals surface area (Å²) >= 11 is 5.85. The predicted octanol–water partition coefficient (Wildman–Crippen LogP) is 4.04. The van der Waals surface area contributed by atoms with Gasteiger partial charge in [-0.15, -0.1) is 5.10 Å². The number of benzene rings is 2. The topological polar surface area (TPSA) is 84.9 Å². The Labute approximate surface area is 154 Å². The lowest BCUT2D eigenvalue weighted by Crippen LogP contribution is -2.28. The van der Waals surface area contributed by atoms with Crippen LogP contribution in [0.15, 0.2) is 48.5 Å².